The van der Waals surface area contributed by atoms with E-state index in [0.29, 0.717) is 13.2 Å². The van der Waals surface area contributed by atoms with Gasteiger partial charge in [-0.2, -0.15) is 13.2 Å². The van der Waals surface area contributed by atoms with E-state index in [2.05, 4.69) is 34.1 Å². The molecule has 1 aliphatic carbocycles. The second-order valence-electron chi connectivity index (χ2n) is 6.22. The number of ether oxygens (including phenoxy) is 1. The molecule has 0 bridgehead atoms. The molecule has 0 radical (unpaired) electrons. The standard InChI is InChI=1S/C17H20N2O2.C2HF3O2/c1-2-21-16(20)17(9-10-17)18-13-14-5-7-15(8-6-14)19-11-3-4-12-19;3-2(4,5)1(6)7/h3-8,11-12,18H,2,9-10,13H2,1H3;(H,6,7). The fraction of sp³-hybridized carbons (Fsp3) is 0.368. The first-order valence-electron chi connectivity index (χ1n) is 8.62. The molecule has 28 heavy (non-hydrogen) atoms. The quantitative estimate of drug-likeness (QED) is 0.730. The summed E-state index contributed by atoms with van der Waals surface area (Å²) >= 11 is 0. The summed E-state index contributed by atoms with van der Waals surface area (Å²) in [4.78, 5) is 20.8. The summed E-state index contributed by atoms with van der Waals surface area (Å²) in [5.41, 5.74) is 1.87. The van der Waals surface area contributed by atoms with E-state index in [0.717, 1.165) is 18.5 Å². The number of hydrogen-bond acceptors (Lipinski definition) is 4. The van der Waals surface area contributed by atoms with Gasteiger partial charge in [-0.15, -0.1) is 0 Å². The molecular weight excluding hydrogens is 377 g/mol. The van der Waals surface area contributed by atoms with Crippen molar-refractivity contribution in [2.24, 2.45) is 0 Å². The summed E-state index contributed by atoms with van der Waals surface area (Å²) in [7, 11) is 0. The summed E-state index contributed by atoms with van der Waals surface area (Å²) in [5, 5.41) is 10.5. The largest absolute Gasteiger partial charge is 0.490 e. The van der Waals surface area contributed by atoms with Crippen LogP contribution in [0, 0.1) is 0 Å². The van der Waals surface area contributed by atoms with Crippen molar-refractivity contribution in [1.29, 1.82) is 0 Å². The second kappa shape index (κ2) is 8.92. The zero-order valence-corrected chi connectivity index (χ0v) is 15.2. The molecule has 0 aliphatic heterocycles. The molecule has 1 fully saturated rings. The average molecular weight is 398 g/mol. The monoisotopic (exact) mass is 398 g/mol. The minimum absolute atomic E-state index is 0.117. The zero-order valence-electron chi connectivity index (χ0n) is 15.2. The highest BCUT2D eigenvalue weighted by molar-refractivity contribution is 5.84. The molecule has 1 saturated carbocycles. The van der Waals surface area contributed by atoms with Gasteiger partial charge in [-0.05, 0) is 49.6 Å². The number of rotatable bonds is 6. The molecule has 1 aromatic heterocycles. The van der Waals surface area contributed by atoms with Crippen molar-refractivity contribution >= 4 is 11.9 Å². The van der Waals surface area contributed by atoms with E-state index >= 15 is 0 Å². The van der Waals surface area contributed by atoms with Crippen LogP contribution in [0.3, 0.4) is 0 Å². The van der Waals surface area contributed by atoms with E-state index in [1.807, 2.05) is 31.5 Å². The van der Waals surface area contributed by atoms with E-state index in [1.54, 1.807) is 0 Å². The number of carboxylic acids is 1. The number of halogens is 3. The molecule has 0 unspecified atom stereocenters. The number of carboxylic acid groups (broad SMARTS) is 1. The SMILES string of the molecule is CCOC(=O)C1(NCc2ccc(-n3cccc3)cc2)CC1.O=C(O)C(F)(F)F. The zero-order chi connectivity index (χ0) is 20.8. The minimum atomic E-state index is -5.08. The molecule has 2 N–H and O–H groups in total. The van der Waals surface area contributed by atoms with Crippen LogP contribution in [0.2, 0.25) is 0 Å². The van der Waals surface area contributed by atoms with Gasteiger partial charge in [0.05, 0.1) is 6.61 Å². The van der Waals surface area contributed by atoms with Gasteiger partial charge in [-0.3, -0.25) is 10.1 Å². The van der Waals surface area contributed by atoms with Gasteiger partial charge in [0.2, 0.25) is 0 Å². The first-order chi connectivity index (χ1) is 13.2. The molecule has 3 rings (SSSR count). The second-order valence-corrected chi connectivity index (χ2v) is 6.22. The lowest BCUT2D eigenvalue weighted by atomic mass is 10.2. The number of nitrogens with zero attached hydrogens (tertiary/aromatic N) is 1. The summed E-state index contributed by atoms with van der Waals surface area (Å²) in [6.45, 7) is 2.96. The minimum Gasteiger partial charge on any atom is -0.475 e. The van der Waals surface area contributed by atoms with Crippen LogP contribution in [-0.4, -0.2) is 39.9 Å². The maximum absolute atomic E-state index is 11.9. The molecule has 0 saturated heterocycles. The van der Waals surface area contributed by atoms with Gasteiger partial charge in [0, 0.05) is 24.6 Å². The Hall–Kier alpha value is -2.81. The number of benzene rings is 1. The van der Waals surface area contributed by atoms with Crippen LogP contribution >= 0.6 is 0 Å². The highest BCUT2D eigenvalue weighted by Gasteiger charge is 2.50. The molecule has 9 heteroatoms. The Balaban J connectivity index is 0.000000345. The van der Waals surface area contributed by atoms with Crippen LogP contribution in [0.25, 0.3) is 5.69 Å². The Labute approximate surface area is 159 Å². The lowest BCUT2D eigenvalue weighted by Crippen LogP contribution is -2.40. The number of esters is 1. The number of aliphatic carboxylic acids is 1. The van der Waals surface area contributed by atoms with Crippen LogP contribution < -0.4 is 5.32 Å². The van der Waals surface area contributed by atoms with Crippen LogP contribution in [0.4, 0.5) is 13.2 Å². The number of carbonyl (C=O) groups excluding carboxylic acids is 1. The van der Waals surface area contributed by atoms with Crippen LogP contribution in [0.15, 0.2) is 48.8 Å². The van der Waals surface area contributed by atoms with E-state index in [1.165, 1.54) is 5.56 Å². The maximum atomic E-state index is 11.9. The fourth-order valence-electron chi connectivity index (χ4n) is 2.41. The molecule has 0 atom stereocenters. The molecule has 0 spiro atoms. The Bertz CT molecular complexity index is 783. The van der Waals surface area contributed by atoms with Crippen molar-refractivity contribution in [2.75, 3.05) is 6.61 Å². The smallest absolute Gasteiger partial charge is 0.475 e. The van der Waals surface area contributed by atoms with Gasteiger partial charge in [0.25, 0.3) is 0 Å². The third kappa shape index (κ3) is 5.85. The van der Waals surface area contributed by atoms with Gasteiger partial charge in [0.15, 0.2) is 0 Å². The topological polar surface area (TPSA) is 80.6 Å². The fourth-order valence-corrected chi connectivity index (χ4v) is 2.41. The number of aromatic nitrogens is 1. The summed E-state index contributed by atoms with van der Waals surface area (Å²) in [5.74, 6) is -2.87. The Morgan fingerprint density at radius 3 is 2.14 bits per heavy atom. The number of nitrogens with one attached hydrogen (secondary N) is 1. The van der Waals surface area contributed by atoms with E-state index < -0.39 is 17.7 Å². The summed E-state index contributed by atoms with van der Waals surface area (Å²) < 4.78 is 38.9. The van der Waals surface area contributed by atoms with E-state index in [9.17, 15) is 18.0 Å². The predicted molar refractivity (Wildman–Crippen MR) is 94.9 cm³/mol. The van der Waals surface area contributed by atoms with Gasteiger partial charge >= 0.3 is 18.1 Å². The molecule has 0 amide bonds. The van der Waals surface area contributed by atoms with Gasteiger partial charge in [0.1, 0.15) is 5.54 Å². The van der Waals surface area contributed by atoms with Crippen molar-refractivity contribution in [2.45, 2.75) is 38.0 Å². The van der Waals surface area contributed by atoms with Crippen LogP contribution in [0.1, 0.15) is 25.3 Å². The Morgan fingerprint density at radius 2 is 1.71 bits per heavy atom. The van der Waals surface area contributed by atoms with Crippen molar-refractivity contribution in [1.82, 2.24) is 9.88 Å². The molecule has 2 aromatic rings. The van der Waals surface area contributed by atoms with Crippen LogP contribution in [-0.2, 0) is 20.9 Å². The number of hydrogen-bond donors (Lipinski definition) is 2. The van der Waals surface area contributed by atoms with Crippen molar-refractivity contribution < 1.29 is 32.6 Å². The third-order valence-corrected chi connectivity index (χ3v) is 4.13. The average Bonchev–Trinajstić information content (AvgIpc) is 3.24. The van der Waals surface area contributed by atoms with Gasteiger partial charge in [-0.25, -0.2) is 4.79 Å². The van der Waals surface area contributed by atoms with Crippen molar-refractivity contribution in [3.05, 3.63) is 54.4 Å². The molecule has 1 aliphatic rings. The van der Waals surface area contributed by atoms with Gasteiger partial charge < -0.3 is 14.4 Å². The van der Waals surface area contributed by atoms with Crippen molar-refractivity contribution in [3.63, 3.8) is 0 Å². The number of carbonyl (C=O) groups is 2. The van der Waals surface area contributed by atoms with Crippen LogP contribution in [0.5, 0.6) is 0 Å². The summed E-state index contributed by atoms with van der Waals surface area (Å²) in [6.07, 6.45) is 0.695. The lowest BCUT2D eigenvalue weighted by molar-refractivity contribution is -0.192. The lowest BCUT2D eigenvalue weighted by Gasteiger charge is -2.16. The highest BCUT2D eigenvalue weighted by atomic mass is 19.4. The van der Waals surface area contributed by atoms with Crippen molar-refractivity contribution in [3.8, 4) is 5.69 Å². The predicted octanol–water partition coefficient (Wildman–Crippen LogP) is 3.30. The first-order valence-corrected chi connectivity index (χ1v) is 8.62. The summed E-state index contributed by atoms with van der Waals surface area (Å²) in [6, 6.07) is 12.4. The molecule has 1 aromatic carbocycles. The maximum Gasteiger partial charge on any atom is 0.490 e. The highest BCUT2D eigenvalue weighted by Crippen LogP contribution is 2.37. The molecule has 6 nitrogen and oxygen atoms in total. The molecular formula is C19H21F3N2O4. The Morgan fingerprint density at radius 1 is 1.18 bits per heavy atom. The molecule has 152 valence electrons. The van der Waals surface area contributed by atoms with Gasteiger partial charge in [-0.1, -0.05) is 12.1 Å². The number of alkyl halides is 3. The van der Waals surface area contributed by atoms with E-state index in [-0.39, 0.29) is 5.97 Å². The first kappa shape index (κ1) is 21.5. The third-order valence-electron chi connectivity index (χ3n) is 4.13. The van der Waals surface area contributed by atoms with E-state index in [4.69, 9.17) is 14.6 Å². The Kier molecular flexibility index (Phi) is 6.85. The molecule has 1 heterocycles. The normalized spacial score (nSPS) is 14.6.